The molecule has 2 rings (SSSR count). The van der Waals surface area contributed by atoms with Gasteiger partial charge < -0.3 is 9.47 Å². The average Bonchev–Trinajstić information content (AvgIpc) is 2.30. The molecule has 2 aliphatic rings. The first-order chi connectivity index (χ1) is 8.24. The third-order valence-corrected chi connectivity index (χ3v) is 2.61. The highest BCUT2D eigenvalue weighted by Gasteiger charge is 2.14. The number of hydrogen-bond acceptors (Lipinski definition) is 3. The van der Waals surface area contributed by atoms with E-state index in [1.165, 1.54) is 11.8 Å². The predicted molar refractivity (Wildman–Crippen MR) is 64.9 cm³/mol. The molecule has 0 fully saturated rings. The Morgan fingerprint density at radius 3 is 2.88 bits per heavy atom. The average molecular weight is 253 g/mol. The first-order valence-electron chi connectivity index (χ1n) is 5.48. The molecule has 0 bridgehead atoms. The second kappa shape index (κ2) is 5.73. The number of allylic oxidation sites excluding steroid dienone is 5. The second-order valence-corrected chi connectivity index (χ2v) is 4.33. The fraction of sp³-hybridized carbons (Fsp3) is 0.308. The van der Waals surface area contributed by atoms with Crippen molar-refractivity contribution in [2.24, 2.45) is 0 Å². The summed E-state index contributed by atoms with van der Waals surface area (Å²) in [7, 11) is 0. The molecule has 90 valence electrons. The molecule has 0 saturated heterocycles. The molecule has 0 atom stereocenters. The highest BCUT2D eigenvalue weighted by atomic mass is 35.5. The SMILES string of the molecule is O=C(Cl)CC1=COC=C(CC2=CC=CCC2)O1. The molecule has 1 aliphatic heterocycles. The predicted octanol–water partition coefficient (Wildman–Crippen LogP) is 3.54. The van der Waals surface area contributed by atoms with E-state index in [0.717, 1.165) is 12.8 Å². The highest BCUT2D eigenvalue weighted by Crippen LogP contribution is 2.25. The van der Waals surface area contributed by atoms with E-state index in [4.69, 9.17) is 21.1 Å². The van der Waals surface area contributed by atoms with Crippen LogP contribution in [-0.4, -0.2) is 5.24 Å². The molecule has 0 radical (unpaired) electrons. The Labute approximate surface area is 105 Å². The lowest BCUT2D eigenvalue weighted by Crippen LogP contribution is -2.04. The number of halogens is 1. The van der Waals surface area contributed by atoms with Gasteiger partial charge in [0.15, 0.2) is 0 Å². The summed E-state index contributed by atoms with van der Waals surface area (Å²) in [5, 5.41) is -0.457. The number of ether oxygens (including phenoxy) is 2. The summed E-state index contributed by atoms with van der Waals surface area (Å²) in [5.74, 6) is 1.16. The Hall–Kier alpha value is -1.48. The van der Waals surface area contributed by atoms with Gasteiger partial charge in [-0.2, -0.15) is 0 Å². The third-order valence-electron chi connectivity index (χ3n) is 2.48. The van der Waals surface area contributed by atoms with E-state index in [1.54, 1.807) is 6.26 Å². The quantitative estimate of drug-likeness (QED) is 0.718. The van der Waals surface area contributed by atoms with Crippen molar-refractivity contribution in [1.82, 2.24) is 0 Å². The van der Waals surface area contributed by atoms with E-state index in [1.807, 2.05) is 6.08 Å². The van der Waals surface area contributed by atoms with Gasteiger partial charge in [0.1, 0.15) is 24.0 Å². The number of carbonyl (C=O) groups excluding carboxylic acids is 1. The summed E-state index contributed by atoms with van der Waals surface area (Å²) in [6.45, 7) is 0. The van der Waals surface area contributed by atoms with Crippen molar-refractivity contribution in [2.75, 3.05) is 0 Å². The molecular weight excluding hydrogens is 240 g/mol. The molecule has 0 saturated carbocycles. The van der Waals surface area contributed by atoms with Crippen LogP contribution in [0, 0.1) is 0 Å². The van der Waals surface area contributed by atoms with Crippen molar-refractivity contribution < 1.29 is 14.3 Å². The van der Waals surface area contributed by atoms with E-state index >= 15 is 0 Å². The Bertz CT molecular complexity index is 430. The van der Waals surface area contributed by atoms with Gasteiger partial charge in [0.25, 0.3) is 0 Å². The van der Waals surface area contributed by atoms with E-state index in [9.17, 15) is 4.79 Å². The summed E-state index contributed by atoms with van der Waals surface area (Å²) in [4.78, 5) is 10.8. The van der Waals surface area contributed by atoms with Crippen LogP contribution >= 0.6 is 11.6 Å². The smallest absolute Gasteiger partial charge is 0.229 e. The molecule has 4 heteroatoms. The van der Waals surface area contributed by atoms with Crippen LogP contribution in [-0.2, 0) is 14.3 Å². The summed E-state index contributed by atoms with van der Waals surface area (Å²) in [6.07, 6.45) is 12.1. The molecule has 3 nitrogen and oxygen atoms in total. The van der Waals surface area contributed by atoms with Crippen molar-refractivity contribution in [3.05, 3.63) is 47.8 Å². The minimum absolute atomic E-state index is 0.0534. The van der Waals surface area contributed by atoms with Crippen molar-refractivity contribution in [3.63, 3.8) is 0 Å². The van der Waals surface area contributed by atoms with Gasteiger partial charge in [0, 0.05) is 6.42 Å². The number of rotatable bonds is 4. The van der Waals surface area contributed by atoms with Crippen molar-refractivity contribution in [1.29, 1.82) is 0 Å². The van der Waals surface area contributed by atoms with E-state index in [2.05, 4.69) is 12.2 Å². The summed E-state index contributed by atoms with van der Waals surface area (Å²) in [5.41, 5.74) is 1.29. The van der Waals surface area contributed by atoms with Crippen molar-refractivity contribution in [2.45, 2.75) is 25.7 Å². The van der Waals surface area contributed by atoms with Gasteiger partial charge in [-0.15, -0.1) is 0 Å². The lowest BCUT2D eigenvalue weighted by Gasteiger charge is -2.17. The van der Waals surface area contributed by atoms with Crippen LogP contribution in [0.2, 0.25) is 0 Å². The standard InChI is InChI=1S/C13H13ClO3/c14-13(15)7-12-9-16-8-11(17-12)6-10-4-2-1-3-5-10/h1-2,4,8-9H,3,5-7H2. The third kappa shape index (κ3) is 3.79. The zero-order valence-electron chi connectivity index (χ0n) is 9.32. The molecule has 1 heterocycles. The largest absolute Gasteiger partial charge is 0.466 e. The summed E-state index contributed by atoms with van der Waals surface area (Å²) < 4.78 is 10.7. The maximum Gasteiger partial charge on any atom is 0.229 e. The van der Waals surface area contributed by atoms with Crippen LogP contribution in [0.4, 0.5) is 0 Å². The first kappa shape index (κ1) is 12.0. The second-order valence-electron chi connectivity index (χ2n) is 3.91. The van der Waals surface area contributed by atoms with Gasteiger partial charge in [0.2, 0.25) is 5.24 Å². The van der Waals surface area contributed by atoms with Crippen LogP contribution < -0.4 is 0 Å². The van der Waals surface area contributed by atoms with Crippen LogP contribution in [0.25, 0.3) is 0 Å². The molecule has 0 spiro atoms. The van der Waals surface area contributed by atoms with E-state index < -0.39 is 5.24 Å². The zero-order chi connectivity index (χ0) is 12.1. The molecule has 0 N–H and O–H groups in total. The monoisotopic (exact) mass is 252 g/mol. The molecule has 0 aromatic heterocycles. The summed E-state index contributed by atoms with van der Waals surface area (Å²) in [6, 6.07) is 0. The minimum atomic E-state index is -0.457. The topological polar surface area (TPSA) is 35.5 Å². The molecule has 0 amide bonds. The van der Waals surface area contributed by atoms with Gasteiger partial charge in [-0.25, -0.2) is 0 Å². The minimum Gasteiger partial charge on any atom is -0.466 e. The highest BCUT2D eigenvalue weighted by molar-refractivity contribution is 6.63. The van der Waals surface area contributed by atoms with Crippen LogP contribution in [0.3, 0.4) is 0 Å². The fourth-order valence-electron chi connectivity index (χ4n) is 1.72. The van der Waals surface area contributed by atoms with Gasteiger partial charge in [-0.1, -0.05) is 23.8 Å². The zero-order valence-corrected chi connectivity index (χ0v) is 10.1. The van der Waals surface area contributed by atoms with Crippen molar-refractivity contribution in [3.8, 4) is 0 Å². The molecule has 0 aromatic carbocycles. The van der Waals surface area contributed by atoms with E-state index in [0.29, 0.717) is 17.9 Å². The maximum atomic E-state index is 10.8. The van der Waals surface area contributed by atoms with Gasteiger partial charge in [0.05, 0.1) is 6.42 Å². The Kier molecular flexibility index (Phi) is 4.04. The Balaban J connectivity index is 1.90. The lowest BCUT2D eigenvalue weighted by atomic mass is 10.0. The molecule has 0 unspecified atom stereocenters. The molecule has 0 aromatic rings. The van der Waals surface area contributed by atoms with Crippen LogP contribution in [0.5, 0.6) is 0 Å². The van der Waals surface area contributed by atoms with Crippen LogP contribution in [0.1, 0.15) is 25.7 Å². The first-order valence-corrected chi connectivity index (χ1v) is 5.86. The van der Waals surface area contributed by atoms with Gasteiger partial charge >= 0.3 is 0 Å². The molecule has 1 aliphatic carbocycles. The van der Waals surface area contributed by atoms with Crippen LogP contribution in [0.15, 0.2) is 47.8 Å². The lowest BCUT2D eigenvalue weighted by molar-refractivity contribution is -0.111. The number of carbonyl (C=O) groups is 1. The summed E-state index contributed by atoms with van der Waals surface area (Å²) >= 11 is 5.30. The van der Waals surface area contributed by atoms with E-state index in [-0.39, 0.29) is 6.42 Å². The maximum absolute atomic E-state index is 10.8. The molecule has 17 heavy (non-hydrogen) atoms. The van der Waals surface area contributed by atoms with Crippen molar-refractivity contribution >= 4 is 16.8 Å². The number of hydrogen-bond donors (Lipinski definition) is 0. The molecular formula is C13H13ClO3. The van der Waals surface area contributed by atoms with Gasteiger partial charge in [-0.05, 0) is 24.4 Å². The Morgan fingerprint density at radius 1 is 1.35 bits per heavy atom. The Morgan fingerprint density at radius 2 is 2.18 bits per heavy atom. The fourth-order valence-corrected chi connectivity index (χ4v) is 1.85. The van der Waals surface area contributed by atoms with Gasteiger partial charge in [-0.3, -0.25) is 4.79 Å². The normalized spacial score (nSPS) is 18.5.